The lowest BCUT2D eigenvalue weighted by Gasteiger charge is -2.30. The summed E-state index contributed by atoms with van der Waals surface area (Å²) in [6.45, 7) is 1.07. The summed E-state index contributed by atoms with van der Waals surface area (Å²) in [5.41, 5.74) is 0.774. The fourth-order valence-electron chi connectivity index (χ4n) is 3.75. The van der Waals surface area contributed by atoms with Crippen LogP contribution in [0, 0.1) is 10.7 Å². The number of amides is 1. The quantitative estimate of drug-likeness (QED) is 0.649. The number of hydrogen-bond donors (Lipinski definition) is 2. The van der Waals surface area contributed by atoms with Crippen molar-refractivity contribution in [3.05, 3.63) is 46.5 Å². The molecule has 1 aromatic heterocycles. The summed E-state index contributed by atoms with van der Waals surface area (Å²) >= 11 is 5.26. The molecule has 8 nitrogen and oxygen atoms in total. The van der Waals surface area contributed by atoms with Crippen molar-refractivity contribution >= 4 is 28.1 Å². The molecule has 2 aromatic rings. The molecule has 10 heteroatoms. The van der Waals surface area contributed by atoms with E-state index >= 15 is 0 Å². The van der Waals surface area contributed by atoms with Crippen LogP contribution in [0.15, 0.2) is 30.3 Å². The number of H-pyrrole nitrogens is 1. The van der Waals surface area contributed by atoms with Gasteiger partial charge in [0.15, 0.2) is 10.6 Å². The Kier molecular flexibility index (Phi) is 5.84. The van der Waals surface area contributed by atoms with Gasteiger partial charge in [0, 0.05) is 25.0 Å². The Hall–Kier alpha value is -2.04. The van der Waals surface area contributed by atoms with Gasteiger partial charge in [0.1, 0.15) is 0 Å². The van der Waals surface area contributed by atoms with Crippen molar-refractivity contribution in [2.24, 2.45) is 5.92 Å². The minimum absolute atomic E-state index is 0.00552. The standard InChI is InChI=1S/C19H25N5O3S2/c25-18(20-12-17-21-22-19(28)24(17)16-6-7-16)15-8-10-23(11-9-15)29(26,27)13-14-4-2-1-3-5-14/h1-5,15-16H,6-13H2,(H,20,25)(H,22,28). The summed E-state index contributed by atoms with van der Waals surface area (Å²) in [5, 5.41) is 9.96. The maximum Gasteiger partial charge on any atom is 0.223 e. The van der Waals surface area contributed by atoms with Gasteiger partial charge in [-0.25, -0.2) is 12.7 Å². The second-order valence-electron chi connectivity index (χ2n) is 7.68. The molecule has 1 aromatic carbocycles. The molecule has 1 saturated carbocycles. The van der Waals surface area contributed by atoms with Crippen LogP contribution in [0.2, 0.25) is 0 Å². The number of aromatic nitrogens is 3. The number of sulfonamides is 1. The predicted molar refractivity (Wildman–Crippen MR) is 111 cm³/mol. The van der Waals surface area contributed by atoms with Crippen LogP contribution in [-0.2, 0) is 27.1 Å². The second kappa shape index (κ2) is 8.37. The first-order valence-corrected chi connectivity index (χ1v) is 11.9. The Morgan fingerprint density at radius 1 is 1.17 bits per heavy atom. The van der Waals surface area contributed by atoms with Crippen molar-refractivity contribution in [2.75, 3.05) is 13.1 Å². The third kappa shape index (κ3) is 4.76. The van der Waals surface area contributed by atoms with E-state index < -0.39 is 10.0 Å². The predicted octanol–water partition coefficient (Wildman–Crippen LogP) is 2.13. The van der Waals surface area contributed by atoms with E-state index in [0.29, 0.717) is 43.3 Å². The normalized spacial score (nSPS) is 18.6. The minimum Gasteiger partial charge on any atom is -0.349 e. The fourth-order valence-corrected chi connectivity index (χ4v) is 5.62. The monoisotopic (exact) mass is 435 g/mol. The van der Waals surface area contributed by atoms with Crippen molar-refractivity contribution in [3.63, 3.8) is 0 Å². The number of carbonyl (C=O) groups is 1. The van der Waals surface area contributed by atoms with Gasteiger partial charge in [0.05, 0.1) is 12.3 Å². The summed E-state index contributed by atoms with van der Waals surface area (Å²) in [6, 6.07) is 9.56. The third-order valence-corrected chi connectivity index (χ3v) is 7.66. The highest BCUT2D eigenvalue weighted by atomic mass is 32.2. The Morgan fingerprint density at radius 3 is 2.52 bits per heavy atom. The molecule has 2 N–H and O–H groups in total. The summed E-state index contributed by atoms with van der Waals surface area (Å²) in [6.07, 6.45) is 3.22. The first kappa shape index (κ1) is 20.2. The second-order valence-corrected chi connectivity index (χ2v) is 10.0. The number of carbonyl (C=O) groups excluding carboxylic acids is 1. The van der Waals surface area contributed by atoms with Crippen molar-refractivity contribution in [1.82, 2.24) is 24.4 Å². The lowest BCUT2D eigenvalue weighted by Crippen LogP contribution is -2.43. The number of benzene rings is 1. The van der Waals surface area contributed by atoms with Crippen molar-refractivity contribution in [3.8, 4) is 0 Å². The molecular formula is C19H25N5O3S2. The number of rotatable bonds is 7. The van der Waals surface area contributed by atoms with Gasteiger partial charge in [0.2, 0.25) is 15.9 Å². The lowest BCUT2D eigenvalue weighted by atomic mass is 9.97. The molecule has 2 aliphatic rings. The van der Waals surface area contributed by atoms with E-state index in [2.05, 4.69) is 15.5 Å². The molecule has 1 aliphatic carbocycles. The first-order valence-electron chi connectivity index (χ1n) is 9.89. The van der Waals surface area contributed by atoms with Gasteiger partial charge in [-0.15, -0.1) is 0 Å². The topological polar surface area (TPSA) is 100 Å². The fraction of sp³-hybridized carbons (Fsp3) is 0.526. The largest absolute Gasteiger partial charge is 0.349 e. The van der Waals surface area contributed by atoms with Crippen LogP contribution in [0.25, 0.3) is 0 Å². The zero-order valence-corrected chi connectivity index (χ0v) is 17.7. The molecule has 1 aliphatic heterocycles. The number of nitrogens with one attached hydrogen (secondary N) is 2. The molecule has 0 radical (unpaired) electrons. The van der Waals surface area contributed by atoms with Crippen LogP contribution in [0.1, 0.15) is 43.1 Å². The highest BCUT2D eigenvalue weighted by Crippen LogP contribution is 2.35. The zero-order chi connectivity index (χ0) is 20.4. The van der Waals surface area contributed by atoms with Crippen LogP contribution in [0.3, 0.4) is 0 Å². The number of piperidine rings is 1. The molecule has 0 atom stereocenters. The van der Waals surface area contributed by atoms with E-state index in [-0.39, 0.29) is 17.6 Å². The average molecular weight is 436 g/mol. The zero-order valence-electron chi connectivity index (χ0n) is 16.1. The van der Waals surface area contributed by atoms with Crippen LogP contribution < -0.4 is 5.32 Å². The molecular weight excluding hydrogens is 410 g/mol. The molecule has 29 heavy (non-hydrogen) atoms. The van der Waals surface area contributed by atoms with Gasteiger partial charge in [-0.1, -0.05) is 30.3 Å². The van der Waals surface area contributed by atoms with E-state index in [1.807, 2.05) is 34.9 Å². The molecule has 0 unspecified atom stereocenters. The van der Waals surface area contributed by atoms with Gasteiger partial charge in [0.25, 0.3) is 0 Å². The summed E-state index contributed by atoms with van der Waals surface area (Å²) in [4.78, 5) is 12.6. The molecule has 0 bridgehead atoms. The van der Waals surface area contributed by atoms with Gasteiger partial charge in [-0.2, -0.15) is 5.10 Å². The molecule has 2 fully saturated rings. The molecule has 1 amide bonds. The molecule has 2 heterocycles. The van der Waals surface area contributed by atoms with Crippen LogP contribution in [0.5, 0.6) is 0 Å². The molecule has 156 valence electrons. The SMILES string of the molecule is O=C(NCc1n[nH]c(=S)n1C1CC1)C1CCN(S(=O)(=O)Cc2ccccc2)CC1. The Morgan fingerprint density at radius 2 is 1.86 bits per heavy atom. The van der Waals surface area contributed by atoms with Crippen LogP contribution in [0.4, 0.5) is 0 Å². The van der Waals surface area contributed by atoms with Crippen LogP contribution >= 0.6 is 12.2 Å². The number of aromatic amines is 1. The summed E-state index contributed by atoms with van der Waals surface area (Å²) < 4.78 is 29.4. The third-order valence-electron chi connectivity index (χ3n) is 5.52. The van der Waals surface area contributed by atoms with Gasteiger partial charge in [-0.3, -0.25) is 14.5 Å². The molecule has 1 saturated heterocycles. The van der Waals surface area contributed by atoms with Gasteiger partial charge < -0.3 is 5.32 Å². The Bertz CT molecular complexity index is 1020. The molecule has 4 rings (SSSR count). The molecule has 0 spiro atoms. The van der Waals surface area contributed by atoms with Gasteiger partial charge >= 0.3 is 0 Å². The smallest absolute Gasteiger partial charge is 0.223 e. The highest BCUT2D eigenvalue weighted by molar-refractivity contribution is 7.88. The number of hydrogen-bond acceptors (Lipinski definition) is 5. The van der Waals surface area contributed by atoms with Crippen molar-refractivity contribution in [1.29, 1.82) is 0 Å². The van der Waals surface area contributed by atoms with Crippen LogP contribution in [-0.4, -0.2) is 46.5 Å². The van der Waals surface area contributed by atoms with Crippen molar-refractivity contribution < 1.29 is 13.2 Å². The average Bonchev–Trinajstić information content (AvgIpc) is 3.49. The Labute approximate surface area is 175 Å². The van der Waals surface area contributed by atoms with E-state index in [1.165, 1.54) is 4.31 Å². The van der Waals surface area contributed by atoms with E-state index in [0.717, 1.165) is 24.2 Å². The van der Waals surface area contributed by atoms with Crippen molar-refractivity contribution in [2.45, 2.75) is 44.0 Å². The summed E-state index contributed by atoms with van der Waals surface area (Å²) in [7, 11) is -3.37. The minimum atomic E-state index is -3.37. The van der Waals surface area contributed by atoms with E-state index in [4.69, 9.17) is 12.2 Å². The van der Waals surface area contributed by atoms with Gasteiger partial charge in [-0.05, 0) is 43.5 Å². The first-order chi connectivity index (χ1) is 13.9. The number of nitrogens with zero attached hydrogens (tertiary/aromatic N) is 3. The maximum absolute atomic E-state index is 12.7. The van der Waals surface area contributed by atoms with E-state index in [9.17, 15) is 13.2 Å². The lowest BCUT2D eigenvalue weighted by molar-refractivity contribution is -0.126. The summed E-state index contributed by atoms with van der Waals surface area (Å²) in [5.74, 6) is 0.499. The van der Waals surface area contributed by atoms with E-state index in [1.54, 1.807) is 0 Å². The highest BCUT2D eigenvalue weighted by Gasteiger charge is 2.32. The Balaban J connectivity index is 1.29. The maximum atomic E-state index is 12.7.